The standard InChI is InChI=1S/C16H20N2O4S/c1-20-14-5-4-12(8-15(14)21-2)9-22-10-13(19)11-23-16-17-6-3-7-18-16/h3-8,13,19H,9-11H2,1-2H3. The van der Waals surface area contributed by atoms with Crippen molar-refractivity contribution in [2.75, 3.05) is 26.6 Å². The van der Waals surface area contributed by atoms with Crippen LogP contribution in [0.4, 0.5) is 0 Å². The molecule has 23 heavy (non-hydrogen) atoms. The summed E-state index contributed by atoms with van der Waals surface area (Å²) in [7, 11) is 3.19. The van der Waals surface area contributed by atoms with Crippen molar-refractivity contribution in [2.45, 2.75) is 17.9 Å². The van der Waals surface area contributed by atoms with E-state index in [1.807, 2.05) is 18.2 Å². The second kappa shape index (κ2) is 9.34. The van der Waals surface area contributed by atoms with Crippen molar-refractivity contribution in [3.8, 4) is 11.5 Å². The lowest BCUT2D eigenvalue weighted by molar-refractivity contribution is 0.0397. The molecule has 0 bridgehead atoms. The molecule has 1 aromatic heterocycles. The Morgan fingerprint density at radius 2 is 1.87 bits per heavy atom. The fraction of sp³-hybridized carbons (Fsp3) is 0.375. The van der Waals surface area contributed by atoms with Crippen molar-refractivity contribution in [3.63, 3.8) is 0 Å². The van der Waals surface area contributed by atoms with Gasteiger partial charge in [-0.3, -0.25) is 0 Å². The van der Waals surface area contributed by atoms with E-state index in [-0.39, 0.29) is 6.61 Å². The van der Waals surface area contributed by atoms with E-state index >= 15 is 0 Å². The molecule has 1 heterocycles. The molecule has 0 fully saturated rings. The van der Waals surface area contributed by atoms with E-state index in [1.165, 1.54) is 11.8 Å². The zero-order chi connectivity index (χ0) is 16.5. The molecule has 1 unspecified atom stereocenters. The summed E-state index contributed by atoms with van der Waals surface area (Å²) in [5.74, 6) is 1.82. The molecule has 0 aliphatic rings. The second-order valence-electron chi connectivity index (χ2n) is 4.70. The average Bonchev–Trinajstić information content (AvgIpc) is 2.60. The van der Waals surface area contributed by atoms with Gasteiger partial charge in [0.15, 0.2) is 16.7 Å². The first-order chi connectivity index (χ1) is 11.2. The second-order valence-corrected chi connectivity index (χ2v) is 5.69. The number of hydrogen-bond acceptors (Lipinski definition) is 7. The number of benzene rings is 1. The van der Waals surface area contributed by atoms with Crippen LogP contribution in [0.5, 0.6) is 11.5 Å². The molecule has 0 radical (unpaired) electrons. The highest BCUT2D eigenvalue weighted by Crippen LogP contribution is 2.27. The van der Waals surface area contributed by atoms with Crippen LogP contribution >= 0.6 is 11.8 Å². The summed E-state index contributed by atoms with van der Waals surface area (Å²) in [6.07, 6.45) is 2.77. The van der Waals surface area contributed by atoms with Gasteiger partial charge >= 0.3 is 0 Å². The third-order valence-corrected chi connectivity index (χ3v) is 3.99. The molecule has 1 aromatic carbocycles. The maximum atomic E-state index is 9.93. The van der Waals surface area contributed by atoms with Crippen LogP contribution in [-0.2, 0) is 11.3 Å². The highest BCUT2D eigenvalue weighted by atomic mass is 32.2. The van der Waals surface area contributed by atoms with Gasteiger partial charge in [0.25, 0.3) is 0 Å². The van der Waals surface area contributed by atoms with Gasteiger partial charge in [-0.25, -0.2) is 9.97 Å². The largest absolute Gasteiger partial charge is 0.493 e. The van der Waals surface area contributed by atoms with Gasteiger partial charge in [0, 0.05) is 18.1 Å². The number of aliphatic hydroxyl groups excluding tert-OH is 1. The van der Waals surface area contributed by atoms with E-state index in [0.717, 1.165) is 5.56 Å². The van der Waals surface area contributed by atoms with Crippen molar-refractivity contribution in [3.05, 3.63) is 42.2 Å². The Labute approximate surface area is 139 Å². The van der Waals surface area contributed by atoms with E-state index in [4.69, 9.17) is 14.2 Å². The number of aromatic nitrogens is 2. The molecular formula is C16H20N2O4S. The lowest BCUT2D eigenvalue weighted by atomic mass is 10.2. The topological polar surface area (TPSA) is 73.7 Å². The van der Waals surface area contributed by atoms with E-state index < -0.39 is 6.10 Å². The van der Waals surface area contributed by atoms with Gasteiger partial charge in [-0.05, 0) is 23.8 Å². The molecule has 1 N–H and O–H groups in total. The van der Waals surface area contributed by atoms with E-state index in [0.29, 0.717) is 29.0 Å². The first kappa shape index (κ1) is 17.5. The SMILES string of the molecule is COc1ccc(COCC(O)CSc2ncccn2)cc1OC. The third-order valence-electron chi connectivity index (χ3n) is 2.97. The molecule has 7 heteroatoms. The Morgan fingerprint density at radius 3 is 2.57 bits per heavy atom. The molecule has 0 saturated heterocycles. The van der Waals surface area contributed by atoms with E-state index in [2.05, 4.69) is 9.97 Å². The maximum Gasteiger partial charge on any atom is 0.187 e. The molecule has 0 aliphatic heterocycles. The summed E-state index contributed by atoms with van der Waals surface area (Å²) in [5.41, 5.74) is 0.953. The molecular weight excluding hydrogens is 316 g/mol. The smallest absolute Gasteiger partial charge is 0.187 e. The van der Waals surface area contributed by atoms with Crippen LogP contribution in [0, 0.1) is 0 Å². The number of rotatable bonds is 9. The first-order valence-corrected chi connectivity index (χ1v) is 8.08. The predicted octanol–water partition coefficient (Wildman–Crippen LogP) is 2.16. The zero-order valence-electron chi connectivity index (χ0n) is 13.1. The number of hydrogen-bond donors (Lipinski definition) is 1. The molecule has 0 amide bonds. The Morgan fingerprint density at radius 1 is 1.13 bits per heavy atom. The molecule has 0 aliphatic carbocycles. The monoisotopic (exact) mass is 336 g/mol. The summed E-state index contributed by atoms with van der Waals surface area (Å²) in [6, 6.07) is 7.35. The Bertz CT molecular complexity index is 598. The molecule has 2 rings (SSSR count). The molecule has 6 nitrogen and oxygen atoms in total. The summed E-state index contributed by atoms with van der Waals surface area (Å²) in [6.45, 7) is 0.637. The van der Waals surface area contributed by atoms with Gasteiger partial charge in [-0.15, -0.1) is 0 Å². The van der Waals surface area contributed by atoms with Crippen molar-refractivity contribution in [1.29, 1.82) is 0 Å². The molecule has 0 spiro atoms. The van der Waals surface area contributed by atoms with Gasteiger partial charge in [0.05, 0.1) is 33.5 Å². The Hall–Kier alpha value is -1.83. The van der Waals surface area contributed by atoms with Crippen molar-refractivity contribution in [1.82, 2.24) is 9.97 Å². The highest BCUT2D eigenvalue weighted by molar-refractivity contribution is 7.99. The van der Waals surface area contributed by atoms with Crippen LogP contribution in [0.1, 0.15) is 5.56 Å². The number of aliphatic hydroxyl groups is 1. The number of ether oxygens (including phenoxy) is 3. The number of nitrogens with zero attached hydrogens (tertiary/aromatic N) is 2. The first-order valence-electron chi connectivity index (χ1n) is 7.09. The quantitative estimate of drug-likeness (QED) is 0.555. The summed E-state index contributed by atoms with van der Waals surface area (Å²) >= 11 is 1.40. The minimum absolute atomic E-state index is 0.244. The maximum absolute atomic E-state index is 9.93. The van der Waals surface area contributed by atoms with Gasteiger partial charge in [-0.1, -0.05) is 17.8 Å². The summed E-state index contributed by atoms with van der Waals surface area (Å²) in [5, 5.41) is 10.6. The summed E-state index contributed by atoms with van der Waals surface area (Å²) < 4.78 is 16.0. The molecule has 1 atom stereocenters. The zero-order valence-corrected chi connectivity index (χ0v) is 14.0. The minimum Gasteiger partial charge on any atom is -0.493 e. The van der Waals surface area contributed by atoms with Gasteiger partial charge in [0.1, 0.15) is 0 Å². The van der Waals surface area contributed by atoms with Crippen molar-refractivity contribution < 1.29 is 19.3 Å². The van der Waals surface area contributed by atoms with Crippen molar-refractivity contribution >= 4 is 11.8 Å². The Balaban J connectivity index is 1.74. The Kier molecular flexibility index (Phi) is 7.12. The van der Waals surface area contributed by atoms with Crippen LogP contribution in [0.15, 0.2) is 41.8 Å². The van der Waals surface area contributed by atoms with Gasteiger partial charge in [0.2, 0.25) is 0 Å². The van der Waals surface area contributed by atoms with Crippen LogP contribution in [0.3, 0.4) is 0 Å². The summed E-state index contributed by atoms with van der Waals surface area (Å²) in [4.78, 5) is 8.18. The number of thioether (sulfide) groups is 1. The van der Waals surface area contributed by atoms with Crippen molar-refractivity contribution in [2.24, 2.45) is 0 Å². The highest BCUT2D eigenvalue weighted by Gasteiger charge is 2.08. The molecule has 124 valence electrons. The average molecular weight is 336 g/mol. The van der Waals surface area contributed by atoms with Crippen LogP contribution in [0.25, 0.3) is 0 Å². The van der Waals surface area contributed by atoms with E-state index in [1.54, 1.807) is 32.7 Å². The fourth-order valence-electron chi connectivity index (χ4n) is 1.86. The van der Waals surface area contributed by atoms with Crippen LogP contribution < -0.4 is 9.47 Å². The lowest BCUT2D eigenvalue weighted by Gasteiger charge is -2.12. The lowest BCUT2D eigenvalue weighted by Crippen LogP contribution is -2.18. The third kappa shape index (κ3) is 5.70. The normalized spacial score (nSPS) is 12.0. The van der Waals surface area contributed by atoms with E-state index in [9.17, 15) is 5.11 Å². The van der Waals surface area contributed by atoms with Gasteiger partial charge < -0.3 is 19.3 Å². The minimum atomic E-state index is -0.580. The molecule has 0 saturated carbocycles. The molecule has 2 aromatic rings. The van der Waals surface area contributed by atoms with Crippen LogP contribution in [-0.4, -0.2) is 47.8 Å². The predicted molar refractivity (Wildman–Crippen MR) is 88.0 cm³/mol. The van der Waals surface area contributed by atoms with Gasteiger partial charge in [-0.2, -0.15) is 0 Å². The number of methoxy groups -OCH3 is 2. The fourth-order valence-corrected chi connectivity index (χ4v) is 2.57. The van der Waals surface area contributed by atoms with Crippen LogP contribution in [0.2, 0.25) is 0 Å².